The lowest BCUT2D eigenvalue weighted by atomic mass is 9.83. The molecular weight excluding hydrogens is 399 g/mol. The molecule has 2 heterocycles. The summed E-state index contributed by atoms with van der Waals surface area (Å²) in [6.45, 7) is 0.624. The highest BCUT2D eigenvalue weighted by Gasteiger charge is 2.32. The van der Waals surface area contributed by atoms with E-state index < -0.39 is 15.9 Å². The minimum absolute atomic E-state index is 0.0527. The quantitative estimate of drug-likeness (QED) is 0.672. The van der Waals surface area contributed by atoms with Crippen LogP contribution in [0.5, 0.6) is 5.88 Å². The first-order valence-corrected chi connectivity index (χ1v) is 11.1. The molecule has 2 amide bonds. The summed E-state index contributed by atoms with van der Waals surface area (Å²) in [6, 6.07) is -1.07. The smallest absolute Gasteiger partial charge is 0.354 e. The maximum Gasteiger partial charge on any atom is 0.354 e. The van der Waals surface area contributed by atoms with Crippen LogP contribution in [0.4, 0.5) is 14.9 Å². The number of nitrogens with two attached hydrogens (primary N) is 2. The molecule has 0 saturated heterocycles. The van der Waals surface area contributed by atoms with Crippen LogP contribution in [0.15, 0.2) is 15.5 Å². The summed E-state index contributed by atoms with van der Waals surface area (Å²) < 4.78 is 38.2. The van der Waals surface area contributed by atoms with E-state index in [1.54, 1.807) is 0 Å². The minimum Gasteiger partial charge on any atom is -0.475 e. The van der Waals surface area contributed by atoms with E-state index in [1.165, 1.54) is 10.9 Å². The van der Waals surface area contributed by atoms with Crippen molar-refractivity contribution >= 4 is 21.6 Å². The van der Waals surface area contributed by atoms with Crippen molar-refractivity contribution in [2.24, 2.45) is 15.2 Å². The fraction of sp³-hybridized carbons (Fsp3) is 0.444. The number of amides is 2. The SMILES string of the molecule is NC1COc2c([S@@](N)(=O)=NC(=O)Nc3c4c(c(F)c5c3CC5)CCC4)cnn2C1. The molecule has 1 unspecified atom stereocenters. The first kappa shape index (κ1) is 18.5. The summed E-state index contributed by atoms with van der Waals surface area (Å²) in [7, 11) is -3.58. The molecule has 154 valence electrons. The first-order chi connectivity index (χ1) is 13.8. The van der Waals surface area contributed by atoms with Crippen LogP contribution in [0.3, 0.4) is 0 Å². The minimum atomic E-state index is -3.58. The molecule has 11 heteroatoms. The summed E-state index contributed by atoms with van der Waals surface area (Å²) >= 11 is 0. The lowest BCUT2D eigenvalue weighted by Crippen LogP contribution is -2.37. The Kier molecular flexibility index (Phi) is 4.16. The molecule has 0 radical (unpaired) electrons. The average molecular weight is 420 g/mol. The lowest BCUT2D eigenvalue weighted by molar-refractivity contribution is 0.200. The van der Waals surface area contributed by atoms with Gasteiger partial charge in [-0.2, -0.15) is 5.10 Å². The molecule has 5 rings (SSSR count). The van der Waals surface area contributed by atoms with Gasteiger partial charge in [-0.1, -0.05) is 0 Å². The number of rotatable bonds is 2. The van der Waals surface area contributed by atoms with Crippen molar-refractivity contribution in [3.8, 4) is 5.88 Å². The number of halogens is 1. The second kappa shape index (κ2) is 6.51. The van der Waals surface area contributed by atoms with Gasteiger partial charge in [-0.25, -0.2) is 23.2 Å². The van der Waals surface area contributed by atoms with Crippen LogP contribution in [-0.4, -0.2) is 32.7 Å². The number of fused-ring (bicyclic) bond motifs is 3. The monoisotopic (exact) mass is 420 g/mol. The lowest BCUT2D eigenvalue weighted by Gasteiger charge is -2.26. The fourth-order valence-electron chi connectivity index (χ4n) is 4.27. The zero-order valence-electron chi connectivity index (χ0n) is 15.6. The molecule has 0 fully saturated rings. The molecule has 1 aliphatic heterocycles. The summed E-state index contributed by atoms with van der Waals surface area (Å²) in [6.07, 6.45) is 4.82. The number of carbonyl (C=O) groups excluding carboxylic acids is 1. The van der Waals surface area contributed by atoms with E-state index in [4.69, 9.17) is 15.6 Å². The van der Waals surface area contributed by atoms with Gasteiger partial charge in [-0.3, -0.25) is 0 Å². The topological polar surface area (TPSA) is 138 Å². The first-order valence-electron chi connectivity index (χ1n) is 9.50. The predicted molar refractivity (Wildman–Crippen MR) is 104 cm³/mol. The summed E-state index contributed by atoms with van der Waals surface area (Å²) in [5, 5.41) is 12.7. The number of benzene rings is 1. The van der Waals surface area contributed by atoms with Crippen molar-refractivity contribution in [1.29, 1.82) is 0 Å². The summed E-state index contributed by atoms with van der Waals surface area (Å²) in [5.74, 6) is 0.0701. The van der Waals surface area contributed by atoms with Gasteiger partial charge in [0.1, 0.15) is 17.3 Å². The van der Waals surface area contributed by atoms with Crippen LogP contribution in [0, 0.1) is 5.82 Å². The third kappa shape index (κ3) is 2.92. The van der Waals surface area contributed by atoms with E-state index in [2.05, 4.69) is 14.8 Å². The number of ether oxygens (including phenoxy) is 1. The number of carbonyl (C=O) groups is 1. The summed E-state index contributed by atoms with van der Waals surface area (Å²) in [5.41, 5.74) is 9.36. The largest absolute Gasteiger partial charge is 0.475 e. The molecule has 2 aliphatic carbocycles. The molecule has 1 aromatic carbocycles. The van der Waals surface area contributed by atoms with E-state index in [1.807, 2.05) is 0 Å². The number of anilines is 1. The standard InChI is InChI=1S/C18H21FN6O3S/c19-15-10-2-1-3-12(10)16(13-5-4-11(13)15)23-18(26)24-29(21,27)14-6-22-25-7-9(20)8-28-17(14)25/h6,9H,1-5,7-8,20H2,(H3,21,23,24,26,27)/t9?,29-/m0/s1. The molecule has 1 aromatic heterocycles. The second-order valence-corrected chi connectivity index (χ2v) is 9.37. The Balaban J connectivity index is 1.47. The third-order valence-corrected chi connectivity index (χ3v) is 7.05. The molecule has 5 N–H and O–H groups in total. The van der Waals surface area contributed by atoms with Gasteiger partial charge in [0.15, 0.2) is 9.92 Å². The van der Waals surface area contributed by atoms with Crippen molar-refractivity contribution in [1.82, 2.24) is 9.78 Å². The van der Waals surface area contributed by atoms with Crippen molar-refractivity contribution in [2.75, 3.05) is 11.9 Å². The highest BCUT2D eigenvalue weighted by Crippen LogP contribution is 2.42. The van der Waals surface area contributed by atoms with Gasteiger partial charge in [0.2, 0.25) is 5.88 Å². The molecule has 9 nitrogen and oxygen atoms in total. The molecule has 0 bridgehead atoms. The summed E-state index contributed by atoms with van der Waals surface area (Å²) in [4.78, 5) is 12.6. The van der Waals surface area contributed by atoms with Crippen molar-refractivity contribution in [3.05, 3.63) is 34.3 Å². The average Bonchev–Trinajstić information content (AvgIpc) is 3.25. The Hall–Kier alpha value is -2.50. The van der Waals surface area contributed by atoms with Gasteiger partial charge in [0.05, 0.1) is 18.8 Å². The molecule has 3 aliphatic rings. The Labute approximate surface area is 166 Å². The van der Waals surface area contributed by atoms with E-state index in [0.717, 1.165) is 17.5 Å². The van der Waals surface area contributed by atoms with Gasteiger partial charge >= 0.3 is 6.03 Å². The predicted octanol–water partition coefficient (Wildman–Crippen LogP) is 1.26. The van der Waals surface area contributed by atoms with Crippen molar-refractivity contribution in [2.45, 2.75) is 49.6 Å². The third-order valence-electron chi connectivity index (χ3n) is 5.71. The molecule has 0 saturated carbocycles. The maximum atomic E-state index is 14.5. The molecule has 0 spiro atoms. The van der Waals surface area contributed by atoms with Gasteiger partial charge in [-0.15, -0.1) is 4.36 Å². The number of aromatic nitrogens is 2. The van der Waals surface area contributed by atoms with Crippen LogP contribution < -0.4 is 20.9 Å². The Morgan fingerprint density at radius 1 is 1.28 bits per heavy atom. The molecule has 2 aromatic rings. The van der Waals surface area contributed by atoms with E-state index in [9.17, 15) is 13.4 Å². The van der Waals surface area contributed by atoms with Gasteiger partial charge in [-0.05, 0) is 54.4 Å². The van der Waals surface area contributed by atoms with Crippen LogP contribution in [0.25, 0.3) is 0 Å². The highest BCUT2D eigenvalue weighted by atomic mass is 32.2. The van der Waals surface area contributed by atoms with E-state index in [-0.39, 0.29) is 29.2 Å². The maximum absolute atomic E-state index is 14.5. The number of hydrogen-bond acceptors (Lipinski definition) is 5. The number of nitrogens with zero attached hydrogens (tertiary/aromatic N) is 3. The van der Waals surface area contributed by atoms with Crippen LogP contribution in [0.1, 0.15) is 28.7 Å². The fourth-order valence-corrected chi connectivity index (χ4v) is 5.27. The van der Waals surface area contributed by atoms with Crippen LogP contribution in [-0.2, 0) is 42.1 Å². The number of urea groups is 1. The van der Waals surface area contributed by atoms with Gasteiger partial charge in [0.25, 0.3) is 0 Å². The molecule has 29 heavy (non-hydrogen) atoms. The molecule has 2 atom stereocenters. The number of hydrogen-bond donors (Lipinski definition) is 3. The zero-order valence-corrected chi connectivity index (χ0v) is 16.4. The van der Waals surface area contributed by atoms with Crippen molar-refractivity contribution < 1.29 is 18.1 Å². The Morgan fingerprint density at radius 2 is 1.97 bits per heavy atom. The van der Waals surface area contributed by atoms with E-state index >= 15 is 0 Å². The molecular formula is C18H21FN6O3S. The highest BCUT2D eigenvalue weighted by molar-refractivity contribution is 7.91. The Bertz CT molecular complexity index is 1170. The zero-order chi connectivity index (χ0) is 20.3. The Morgan fingerprint density at radius 3 is 2.72 bits per heavy atom. The van der Waals surface area contributed by atoms with Gasteiger partial charge in [0, 0.05) is 5.69 Å². The number of nitrogens with one attached hydrogen (secondary N) is 1. The van der Waals surface area contributed by atoms with Crippen molar-refractivity contribution in [3.63, 3.8) is 0 Å². The van der Waals surface area contributed by atoms with Crippen LogP contribution in [0.2, 0.25) is 0 Å². The van der Waals surface area contributed by atoms with E-state index in [0.29, 0.717) is 49.0 Å². The van der Waals surface area contributed by atoms with Gasteiger partial charge < -0.3 is 15.8 Å². The van der Waals surface area contributed by atoms with Crippen LogP contribution >= 0.6 is 0 Å². The second-order valence-electron chi connectivity index (χ2n) is 7.61. The normalized spacial score (nSPS) is 21.1.